The van der Waals surface area contributed by atoms with Gasteiger partial charge in [-0.1, -0.05) is 56.3 Å². The Morgan fingerprint density at radius 1 is 1.03 bits per heavy atom. The summed E-state index contributed by atoms with van der Waals surface area (Å²) >= 11 is 5.89. The highest BCUT2D eigenvalue weighted by atomic mass is 35.5. The Kier molecular flexibility index (Phi) is 12.5. The van der Waals surface area contributed by atoms with Crippen LogP contribution in [0.25, 0.3) is 0 Å². The van der Waals surface area contributed by atoms with Crippen LogP contribution in [-0.2, 0) is 4.79 Å². The third-order valence-corrected chi connectivity index (χ3v) is 6.83. The van der Waals surface area contributed by atoms with Crippen LogP contribution in [0, 0.1) is 0 Å². The molecule has 0 aliphatic carbocycles. The minimum atomic E-state index is -0.901. The Labute approximate surface area is 225 Å². The minimum Gasteiger partial charge on any atom is -0.494 e. The molecule has 2 aromatic carbocycles. The molecule has 1 saturated heterocycles. The second kappa shape index (κ2) is 15.8. The number of aliphatic hydroxyl groups excluding tert-OH is 2. The topological polar surface area (TPSA) is 91.3 Å². The molecule has 0 radical (unpaired) electrons. The number of hydrogen-bond donors (Lipinski definition) is 3. The Balaban J connectivity index is 1.53. The number of amides is 1. The molecule has 3 N–H and O–H groups in total. The number of nitrogens with zero attached hydrogens (tertiary/aromatic N) is 1. The molecule has 204 valence electrons. The van der Waals surface area contributed by atoms with E-state index in [0.717, 1.165) is 18.7 Å². The molecule has 37 heavy (non-hydrogen) atoms. The standard InChI is InChI=1S/C29H41ClN2O5/c1-2-3-4-5-6-18-36-25-11-7-22(8-12-25)29(35)27(21-32-17-15-24(33)20-32)31-28(34)16-19-37-26-13-9-23(30)10-14-26/h7-14,24,27,29,33,35H,2-6,15-21H2,1H3,(H,31,34)/t24-,27+,29+/m0/s1. The summed E-state index contributed by atoms with van der Waals surface area (Å²) in [6, 6.07) is 13.9. The van der Waals surface area contributed by atoms with Crippen molar-refractivity contribution in [3.05, 3.63) is 59.1 Å². The predicted octanol–water partition coefficient (Wildman–Crippen LogP) is 4.74. The molecule has 2 aromatic rings. The number of halogens is 1. The summed E-state index contributed by atoms with van der Waals surface area (Å²) in [7, 11) is 0. The maximum absolute atomic E-state index is 12.7. The lowest BCUT2D eigenvalue weighted by Crippen LogP contribution is -2.47. The van der Waals surface area contributed by atoms with E-state index in [1.54, 1.807) is 24.3 Å². The first kappa shape index (κ1) is 29.2. The van der Waals surface area contributed by atoms with Gasteiger partial charge >= 0.3 is 0 Å². The lowest BCUT2D eigenvalue weighted by atomic mass is 10.0. The van der Waals surface area contributed by atoms with E-state index in [2.05, 4.69) is 17.1 Å². The number of ether oxygens (including phenoxy) is 2. The molecule has 0 saturated carbocycles. The van der Waals surface area contributed by atoms with Gasteiger partial charge in [0.05, 0.1) is 31.8 Å². The molecule has 0 spiro atoms. The van der Waals surface area contributed by atoms with Crippen LogP contribution in [0.4, 0.5) is 0 Å². The van der Waals surface area contributed by atoms with Crippen LogP contribution < -0.4 is 14.8 Å². The van der Waals surface area contributed by atoms with Gasteiger partial charge < -0.3 is 25.0 Å². The minimum absolute atomic E-state index is 0.152. The molecule has 1 aliphatic rings. The highest BCUT2D eigenvalue weighted by molar-refractivity contribution is 6.30. The zero-order chi connectivity index (χ0) is 26.5. The normalized spacial score (nSPS) is 17.4. The number of carbonyl (C=O) groups excluding carboxylic acids is 1. The van der Waals surface area contributed by atoms with Gasteiger partial charge in [-0.05, 0) is 54.8 Å². The zero-order valence-electron chi connectivity index (χ0n) is 21.8. The molecule has 0 unspecified atom stereocenters. The van der Waals surface area contributed by atoms with Gasteiger partial charge in [-0.2, -0.15) is 0 Å². The smallest absolute Gasteiger partial charge is 0.223 e. The third kappa shape index (κ3) is 10.5. The lowest BCUT2D eigenvalue weighted by Gasteiger charge is -2.29. The fraction of sp³-hybridized carbons (Fsp3) is 0.552. The molecular weight excluding hydrogens is 492 g/mol. The van der Waals surface area contributed by atoms with Crippen molar-refractivity contribution in [3.8, 4) is 11.5 Å². The number of β-amino-alcohol motifs (C(OH)–C–C–N with tert-alkyl or cyclic N) is 1. The summed E-state index contributed by atoms with van der Waals surface area (Å²) < 4.78 is 11.5. The Morgan fingerprint density at radius 2 is 1.68 bits per heavy atom. The molecular formula is C29H41ClN2O5. The summed E-state index contributed by atoms with van der Waals surface area (Å²) in [6.07, 6.45) is 5.48. The number of carbonyl (C=O) groups is 1. The average Bonchev–Trinajstić information content (AvgIpc) is 3.31. The van der Waals surface area contributed by atoms with Gasteiger partial charge in [0.2, 0.25) is 5.91 Å². The average molecular weight is 533 g/mol. The number of unbranched alkanes of at least 4 members (excludes halogenated alkanes) is 4. The zero-order valence-corrected chi connectivity index (χ0v) is 22.5. The molecule has 3 atom stereocenters. The molecule has 8 heteroatoms. The van der Waals surface area contributed by atoms with Gasteiger partial charge in [0.25, 0.3) is 0 Å². The molecule has 7 nitrogen and oxygen atoms in total. The summed E-state index contributed by atoms with van der Waals surface area (Å²) in [5.74, 6) is 1.21. The molecule has 1 amide bonds. The van der Waals surface area contributed by atoms with Gasteiger partial charge in [0, 0.05) is 24.7 Å². The summed E-state index contributed by atoms with van der Waals surface area (Å²) in [5.41, 5.74) is 0.706. The van der Waals surface area contributed by atoms with Gasteiger partial charge in [0.15, 0.2) is 0 Å². The number of nitrogens with one attached hydrogen (secondary N) is 1. The van der Waals surface area contributed by atoms with Crippen LogP contribution in [0.3, 0.4) is 0 Å². The first-order valence-corrected chi connectivity index (χ1v) is 13.8. The fourth-order valence-electron chi connectivity index (χ4n) is 4.44. The van der Waals surface area contributed by atoms with Crippen molar-refractivity contribution in [2.45, 2.75) is 70.1 Å². The highest BCUT2D eigenvalue weighted by Gasteiger charge is 2.29. The lowest BCUT2D eigenvalue weighted by molar-refractivity contribution is -0.123. The molecule has 3 rings (SSSR count). The van der Waals surface area contributed by atoms with E-state index >= 15 is 0 Å². The quantitative estimate of drug-likeness (QED) is 0.270. The fourth-order valence-corrected chi connectivity index (χ4v) is 4.57. The monoisotopic (exact) mass is 532 g/mol. The van der Waals surface area contributed by atoms with E-state index < -0.39 is 12.1 Å². The van der Waals surface area contributed by atoms with E-state index in [0.29, 0.717) is 42.5 Å². The van der Waals surface area contributed by atoms with E-state index in [1.165, 1.54) is 25.7 Å². The maximum Gasteiger partial charge on any atom is 0.223 e. The summed E-state index contributed by atoms with van der Waals surface area (Å²) in [6.45, 7) is 4.80. The SMILES string of the molecule is CCCCCCCOc1ccc([C@@H](O)[C@@H](CN2CC[C@H](O)C2)NC(=O)CCOc2ccc(Cl)cc2)cc1. The van der Waals surface area contributed by atoms with Crippen molar-refractivity contribution in [1.82, 2.24) is 10.2 Å². The van der Waals surface area contributed by atoms with Crippen LogP contribution in [0.2, 0.25) is 5.02 Å². The first-order chi connectivity index (χ1) is 17.9. The van der Waals surface area contributed by atoms with Gasteiger partial charge in [-0.3, -0.25) is 9.69 Å². The maximum atomic E-state index is 12.7. The van der Waals surface area contributed by atoms with Gasteiger partial charge in [-0.25, -0.2) is 0 Å². The van der Waals surface area contributed by atoms with Crippen LogP contribution in [0.15, 0.2) is 48.5 Å². The number of likely N-dealkylation sites (tertiary alicyclic amines) is 1. The number of benzene rings is 2. The van der Waals surface area contributed by atoms with E-state index in [9.17, 15) is 15.0 Å². The second-order valence-electron chi connectivity index (χ2n) is 9.71. The first-order valence-electron chi connectivity index (χ1n) is 13.4. The van der Waals surface area contributed by atoms with Crippen molar-refractivity contribution < 1.29 is 24.5 Å². The molecule has 1 aliphatic heterocycles. The van der Waals surface area contributed by atoms with E-state index in [1.807, 2.05) is 24.3 Å². The van der Waals surface area contributed by atoms with Crippen molar-refractivity contribution in [2.75, 3.05) is 32.8 Å². The second-order valence-corrected chi connectivity index (χ2v) is 10.1. The molecule has 0 aromatic heterocycles. The van der Waals surface area contributed by atoms with Crippen molar-refractivity contribution in [2.24, 2.45) is 0 Å². The Bertz CT molecular complexity index is 925. The van der Waals surface area contributed by atoms with Gasteiger partial charge in [0.1, 0.15) is 17.6 Å². The Hall–Kier alpha value is -2.32. The highest BCUT2D eigenvalue weighted by Crippen LogP contribution is 2.23. The molecule has 1 heterocycles. The Morgan fingerprint density at radius 3 is 2.32 bits per heavy atom. The largest absolute Gasteiger partial charge is 0.494 e. The van der Waals surface area contributed by atoms with Crippen molar-refractivity contribution in [3.63, 3.8) is 0 Å². The van der Waals surface area contributed by atoms with Crippen LogP contribution in [0.1, 0.15) is 63.5 Å². The van der Waals surface area contributed by atoms with E-state index in [4.69, 9.17) is 21.1 Å². The number of rotatable bonds is 16. The van der Waals surface area contributed by atoms with Crippen molar-refractivity contribution in [1.29, 1.82) is 0 Å². The van der Waals surface area contributed by atoms with Crippen molar-refractivity contribution >= 4 is 17.5 Å². The third-order valence-electron chi connectivity index (χ3n) is 6.58. The number of aliphatic hydroxyl groups is 2. The predicted molar refractivity (Wildman–Crippen MR) is 146 cm³/mol. The van der Waals surface area contributed by atoms with Crippen LogP contribution >= 0.6 is 11.6 Å². The van der Waals surface area contributed by atoms with E-state index in [-0.39, 0.29) is 25.0 Å². The van der Waals surface area contributed by atoms with Gasteiger partial charge in [-0.15, -0.1) is 0 Å². The van der Waals surface area contributed by atoms with Crippen LogP contribution in [-0.4, -0.2) is 66.0 Å². The number of hydrogen-bond acceptors (Lipinski definition) is 6. The summed E-state index contributed by atoms with van der Waals surface area (Å²) in [5, 5.41) is 24.7. The summed E-state index contributed by atoms with van der Waals surface area (Å²) in [4.78, 5) is 14.8. The molecule has 1 fully saturated rings. The molecule has 0 bridgehead atoms. The van der Waals surface area contributed by atoms with Crippen LogP contribution in [0.5, 0.6) is 11.5 Å².